The van der Waals surface area contributed by atoms with E-state index in [0.717, 1.165) is 49.0 Å². The number of nitrogens with two attached hydrogens (primary N) is 4. The van der Waals surface area contributed by atoms with Gasteiger partial charge in [-0.25, -0.2) is 0 Å². The van der Waals surface area contributed by atoms with Crippen molar-refractivity contribution in [1.82, 2.24) is 0 Å². The Labute approximate surface area is 333 Å². The Hall–Kier alpha value is -4.01. The number of hydrogen-bond acceptors (Lipinski definition) is 10. The van der Waals surface area contributed by atoms with Crippen molar-refractivity contribution in [1.29, 1.82) is 0 Å². The van der Waals surface area contributed by atoms with Crippen LogP contribution in [-0.4, -0.2) is 72.7 Å². The van der Waals surface area contributed by atoms with Crippen molar-refractivity contribution in [3.63, 3.8) is 0 Å². The van der Waals surface area contributed by atoms with E-state index in [9.17, 15) is 5.11 Å². The molecule has 1 aliphatic heterocycles. The predicted octanol–water partition coefficient (Wildman–Crippen LogP) is 5.44. The molecule has 0 bridgehead atoms. The van der Waals surface area contributed by atoms with E-state index < -0.39 is 61.0 Å². The van der Waals surface area contributed by atoms with Gasteiger partial charge in [0.2, 0.25) is 0 Å². The highest BCUT2D eigenvalue weighted by molar-refractivity contribution is 5.85. The maximum absolute atomic E-state index is 11.7. The van der Waals surface area contributed by atoms with E-state index >= 15 is 0 Å². The van der Waals surface area contributed by atoms with Crippen molar-refractivity contribution in [3.05, 3.63) is 144 Å². The first-order valence-electron chi connectivity index (χ1n) is 19.1. The van der Waals surface area contributed by atoms with Gasteiger partial charge in [-0.1, -0.05) is 109 Å². The third-order valence-electron chi connectivity index (χ3n) is 11.0. The number of ether oxygens (including phenoxy) is 5. The molecule has 1 heterocycles. The van der Waals surface area contributed by atoms with Gasteiger partial charge in [0.05, 0.1) is 25.9 Å². The molecule has 9 N–H and O–H groups in total. The van der Waals surface area contributed by atoms with Gasteiger partial charge in [0.25, 0.3) is 0 Å². The molecule has 0 radical (unpaired) electrons. The third-order valence-corrected chi connectivity index (χ3v) is 11.0. The van der Waals surface area contributed by atoms with Crippen molar-refractivity contribution in [2.24, 2.45) is 22.9 Å². The van der Waals surface area contributed by atoms with Crippen molar-refractivity contribution < 1.29 is 28.8 Å². The van der Waals surface area contributed by atoms with Gasteiger partial charge in [0.15, 0.2) is 6.29 Å². The normalized spacial score (nSPS) is 28.0. The van der Waals surface area contributed by atoms with E-state index in [1.54, 1.807) is 0 Å². The average Bonchev–Trinajstić information content (AvgIpc) is 3.21. The van der Waals surface area contributed by atoms with Gasteiger partial charge >= 0.3 is 0 Å². The summed E-state index contributed by atoms with van der Waals surface area (Å²) in [4.78, 5) is 0. The summed E-state index contributed by atoms with van der Waals surface area (Å²) in [6.07, 6.45) is -5.35. The Kier molecular flexibility index (Phi) is 13.0. The van der Waals surface area contributed by atoms with Crippen LogP contribution in [0.15, 0.2) is 127 Å². The van der Waals surface area contributed by atoms with Crippen molar-refractivity contribution in [2.45, 2.75) is 87.3 Å². The average molecular weight is 779 g/mol. The number of halogens is 1. The molecule has 1 aliphatic carbocycles. The van der Waals surface area contributed by atoms with E-state index in [2.05, 4.69) is 78.9 Å². The van der Waals surface area contributed by atoms with Crippen molar-refractivity contribution in [2.75, 3.05) is 6.54 Å². The van der Waals surface area contributed by atoms with E-state index in [0.29, 0.717) is 13.0 Å². The van der Waals surface area contributed by atoms with Crippen LogP contribution in [0, 0.1) is 0 Å². The fraction of sp³-hybridized carbons (Fsp3) is 0.333. The minimum atomic E-state index is -1.15. The summed E-state index contributed by atoms with van der Waals surface area (Å²) < 4.78 is 32.6. The number of fused-ring (bicyclic) bond motifs is 3. The van der Waals surface area contributed by atoms with Gasteiger partial charge in [-0.3, -0.25) is 0 Å². The third kappa shape index (κ3) is 8.77. The van der Waals surface area contributed by atoms with Crippen LogP contribution in [0.2, 0.25) is 0 Å². The monoisotopic (exact) mass is 778 g/mol. The fourth-order valence-corrected chi connectivity index (χ4v) is 8.04. The molecule has 6 aromatic rings. The van der Waals surface area contributed by atoms with Crippen LogP contribution >= 0.6 is 12.4 Å². The number of benzene rings is 6. The first kappa shape index (κ1) is 40.2. The fourth-order valence-electron chi connectivity index (χ4n) is 8.04. The quantitative estimate of drug-likeness (QED) is 0.108. The molecule has 294 valence electrons. The molecule has 1 saturated carbocycles. The molecule has 56 heavy (non-hydrogen) atoms. The van der Waals surface area contributed by atoms with Crippen LogP contribution in [0.3, 0.4) is 0 Å². The van der Waals surface area contributed by atoms with Gasteiger partial charge in [0, 0.05) is 18.6 Å². The summed E-state index contributed by atoms with van der Waals surface area (Å²) in [6, 6.07) is 41.2. The minimum Gasteiger partial charge on any atom is -0.388 e. The molecule has 0 amide bonds. The Balaban J connectivity index is 0.00000480. The van der Waals surface area contributed by atoms with Gasteiger partial charge in [-0.05, 0) is 73.6 Å². The van der Waals surface area contributed by atoms with Crippen LogP contribution in [0.25, 0.3) is 32.3 Å². The highest BCUT2D eigenvalue weighted by atomic mass is 35.5. The van der Waals surface area contributed by atoms with Crippen LogP contribution in [-0.2, 0) is 43.5 Å². The standard InChI is InChI=1S/C45H50N4O6.ClH/c46-23-38-43(52-25-28-14-17-31-8-2-5-11-34(31)20-28)44(53-26-29-15-18-32-9-3-6-12-35(32)21-29)39(49)45(54-38)55-42-37(48)22-36(47)41(40(42)50)51-24-27-13-16-30-7-1-4-10-33(30)19-27;/h1-21,36-45,50H,22-26,46-49H2;1H/t36-,37+,38-,39-,40-,41+,42-,43-,44-,45-;/m1./s1. The minimum absolute atomic E-state index is 0. The number of aliphatic hydroxyl groups is 1. The second kappa shape index (κ2) is 18.1. The maximum atomic E-state index is 11.7. The van der Waals surface area contributed by atoms with E-state index in [1.807, 2.05) is 48.5 Å². The highest BCUT2D eigenvalue weighted by Gasteiger charge is 2.50. The predicted molar refractivity (Wildman–Crippen MR) is 222 cm³/mol. The zero-order valence-corrected chi connectivity index (χ0v) is 32.0. The van der Waals surface area contributed by atoms with E-state index in [-0.39, 0.29) is 32.2 Å². The Morgan fingerprint density at radius 2 is 0.946 bits per heavy atom. The summed E-state index contributed by atoms with van der Waals surface area (Å²) in [6.45, 7) is 0.947. The Morgan fingerprint density at radius 1 is 0.536 bits per heavy atom. The molecule has 0 aromatic heterocycles. The molecule has 6 aromatic carbocycles. The number of hydrogen-bond donors (Lipinski definition) is 5. The highest BCUT2D eigenvalue weighted by Crippen LogP contribution is 2.32. The second-order valence-electron chi connectivity index (χ2n) is 14.9. The van der Waals surface area contributed by atoms with Crippen LogP contribution in [0.5, 0.6) is 0 Å². The lowest BCUT2D eigenvalue weighted by atomic mass is 9.84. The molecule has 1 saturated heterocycles. The lowest BCUT2D eigenvalue weighted by Gasteiger charge is -2.48. The number of rotatable bonds is 12. The smallest absolute Gasteiger partial charge is 0.176 e. The molecule has 10 nitrogen and oxygen atoms in total. The zero-order chi connectivity index (χ0) is 37.9. The van der Waals surface area contributed by atoms with Crippen molar-refractivity contribution in [3.8, 4) is 0 Å². The molecule has 11 heteroatoms. The number of aliphatic hydroxyl groups excluding tert-OH is 1. The first-order valence-corrected chi connectivity index (χ1v) is 19.1. The SMILES string of the molecule is Cl.NC[C@H]1O[C@H](O[C@H]2[C@H](O)[C@@H](OCc3ccc4ccccc4c3)[C@H](N)C[C@@H]2N)[C@H](N)[C@@H](OCc2ccc3ccccc3c2)[C@@H]1OCc1ccc2ccccc2c1. The Bertz CT molecular complexity index is 2230. The molecule has 2 fully saturated rings. The van der Waals surface area contributed by atoms with Gasteiger partial charge < -0.3 is 51.7 Å². The van der Waals surface area contributed by atoms with Crippen LogP contribution in [0.4, 0.5) is 0 Å². The summed E-state index contributed by atoms with van der Waals surface area (Å²) in [5, 5.41) is 18.5. The molecule has 0 spiro atoms. The summed E-state index contributed by atoms with van der Waals surface area (Å²) in [5.74, 6) is 0. The topological polar surface area (TPSA) is 170 Å². The van der Waals surface area contributed by atoms with Gasteiger partial charge in [-0.15, -0.1) is 12.4 Å². The lowest BCUT2D eigenvalue weighted by molar-refractivity contribution is -0.302. The lowest BCUT2D eigenvalue weighted by Crippen LogP contribution is -2.68. The summed E-state index contributed by atoms with van der Waals surface area (Å²) in [5.41, 5.74) is 29.5. The van der Waals surface area contributed by atoms with E-state index in [4.69, 9.17) is 46.6 Å². The van der Waals surface area contributed by atoms with Crippen LogP contribution in [0.1, 0.15) is 23.1 Å². The molecule has 8 rings (SSSR count). The molecule has 0 unspecified atom stereocenters. The van der Waals surface area contributed by atoms with Gasteiger partial charge in [0.1, 0.15) is 36.6 Å². The maximum Gasteiger partial charge on any atom is 0.176 e. The molecular weight excluding hydrogens is 728 g/mol. The summed E-state index contributed by atoms with van der Waals surface area (Å²) >= 11 is 0. The zero-order valence-electron chi connectivity index (χ0n) is 31.1. The van der Waals surface area contributed by atoms with Gasteiger partial charge in [-0.2, -0.15) is 0 Å². The van der Waals surface area contributed by atoms with Crippen LogP contribution < -0.4 is 22.9 Å². The Morgan fingerprint density at radius 3 is 1.41 bits per heavy atom. The first-order chi connectivity index (χ1) is 26.8. The molecular formula is C45H51ClN4O6. The second-order valence-corrected chi connectivity index (χ2v) is 14.9. The molecule has 10 atom stereocenters. The van der Waals surface area contributed by atoms with Crippen molar-refractivity contribution >= 4 is 44.7 Å². The van der Waals surface area contributed by atoms with E-state index in [1.165, 1.54) is 0 Å². The summed E-state index contributed by atoms with van der Waals surface area (Å²) in [7, 11) is 0. The molecule has 2 aliphatic rings. The largest absolute Gasteiger partial charge is 0.388 e.